The summed E-state index contributed by atoms with van der Waals surface area (Å²) in [7, 11) is 1.56. The lowest BCUT2D eigenvalue weighted by Gasteiger charge is -2.03. The predicted molar refractivity (Wildman–Crippen MR) is 49.1 cm³/mol. The van der Waals surface area contributed by atoms with Gasteiger partial charge >= 0.3 is 5.97 Å². The number of carboxylic acid groups (broad SMARTS) is 1. The van der Waals surface area contributed by atoms with Gasteiger partial charge in [0.05, 0.1) is 12.2 Å². The van der Waals surface area contributed by atoms with E-state index in [0.717, 1.165) is 5.56 Å². The molecule has 70 valence electrons. The molecule has 13 heavy (non-hydrogen) atoms. The van der Waals surface area contributed by atoms with Crippen LogP contribution in [0.25, 0.3) is 0 Å². The molecule has 0 aliphatic heterocycles. The normalized spacial score (nSPS) is 10.0. The number of halogens is 1. The van der Waals surface area contributed by atoms with Crippen molar-refractivity contribution in [1.29, 1.82) is 0 Å². The van der Waals surface area contributed by atoms with Crippen molar-refractivity contribution >= 4 is 17.6 Å². The zero-order valence-electron chi connectivity index (χ0n) is 7.08. The number of hydrogen-bond donors (Lipinski definition) is 1. The van der Waals surface area contributed by atoms with Gasteiger partial charge in [0.1, 0.15) is 0 Å². The van der Waals surface area contributed by atoms with E-state index in [1.807, 2.05) is 0 Å². The molecule has 0 bridgehead atoms. The van der Waals surface area contributed by atoms with Crippen molar-refractivity contribution in [2.75, 3.05) is 7.11 Å². The van der Waals surface area contributed by atoms with E-state index >= 15 is 0 Å². The van der Waals surface area contributed by atoms with Gasteiger partial charge < -0.3 is 9.84 Å². The SMILES string of the molecule is COCc1ccc(C(=O)O)cc1Cl. The Balaban J connectivity index is 2.98. The van der Waals surface area contributed by atoms with E-state index in [0.29, 0.717) is 11.6 Å². The largest absolute Gasteiger partial charge is 0.478 e. The zero-order valence-corrected chi connectivity index (χ0v) is 7.84. The summed E-state index contributed by atoms with van der Waals surface area (Å²) in [5.74, 6) is -0.981. The standard InChI is InChI=1S/C9H9ClO3/c1-13-5-7-3-2-6(9(11)12)4-8(7)10/h2-4H,5H2,1H3,(H,11,12). The van der Waals surface area contributed by atoms with Gasteiger partial charge in [0, 0.05) is 12.1 Å². The molecule has 3 nitrogen and oxygen atoms in total. The van der Waals surface area contributed by atoms with Crippen molar-refractivity contribution in [2.24, 2.45) is 0 Å². The molecule has 0 amide bonds. The second-order valence-electron chi connectivity index (χ2n) is 2.54. The summed E-state index contributed by atoms with van der Waals surface area (Å²) < 4.78 is 4.88. The third-order valence-corrected chi connectivity index (χ3v) is 1.95. The minimum Gasteiger partial charge on any atom is -0.478 e. The maximum atomic E-state index is 10.5. The van der Waals surface area contributed by atoms with E-state index < -0.39 is 5.97 Å². The molecule has 0 aliphatic rings. The molecule has 1 aromatic rings. The lowest BCUT2D eigenvalue weighted by molar-refractivity contribution is 0.0697. The van der Waals surface area contributed by atoms with Crippen LogP contribution in [0.3, 0.4) is 0 Å². The van der Waals surface area contributed by atoms with Crippen molar-refractivity contribution in [3.05, 3.63) is 34.3 Å². The number of benzene rings is 1. The number of carboxylic acids is 1. The second kappa shape index (κ2) is 4.25. The Morgan fingerprint density at radius 3 is 2.77 bits per heavy atom. The number of aromatic carboxylic acids is 1. The summed E-state index contributed by atoms with van der Waals surface area (Å²) in [6.07, 6.45) is 0. The summed E-state index contributed by atoms with van der Waals surface area (Å²) in [6.45, 7) is 0.388. The van der Waals surface area contributed by atoms with Crippen LogP contribution in [0, 0.1) is 0 Å². The third kappa shape index (κ3) is 2.44. The zero-order chi connectivity index (χ0) is 9.84. The maximum Gasteiger partial charge on any atom is 0.335 e. The topological polar surface area (TPSA) is 46.5 Å². The fourth-order valence-electron chi connectivity index (χ4n) is 0.953. The van der Waals surface area contributed by atoms with Crippen LogP contribution < -0.4 is 0 Å². The molecule has 0 spiro atoms. The van der Waals surface area contributed by atoms with E-state index in [1.54, 1.807) is 13.2 Å². The molecule has 0 heterocycles. The molecule has 1 rings (SSSR count). The molecule has 0 atom stereocenters. The van der Waals surface area contributed by atoms with E-state index in [9.17, 15) is 4.79 Å². The minimum atomic E-state index is -0.981. The fourth-order valence-corrected chi connectivity index (χ4v) is 1.19. The third-order valence-electron chi connectivity index (χ3n) is 1.60. The number of rotatable bonds is 3. The van der Waals surface area contributed by atoms with Crippen LogP contribution in [-0.2, 0) is 11.3 Å². The molecule has 0 saturated carbocycles. The van der Waals surface area contributed by atoms with Crippen molar-refractivity contribution in [3.8, 4) is 0 Å². The average molecular weight is 201 g/mol. The first-order chi connectivity index (χ1) is 6.15. The fraction of sp³-hybridized carbons (Fsp3) is 0.222. The number of methoxy groups -OCH3 is 1. The highest BCUT2D eigenvalue weighted by molar-refractivity contribution is 6.31. The Bertz CT molecular complexity index is 323. The summed E-state index contributed by atoms with van der Waals surface area (Å²) in [5, 5.41) is 9.06. The molecule has 4 heteroatoms. The van der Waals surface area contributed by atoms with E-state index in [2.05, 4.69) is 0 Å². The van der Waals surface area contributed by atoms with Gasteiger partial charge in [0.15, 0.2) is 0 Å². The summed E-state index contributed by atoms with van der Waals surface area (Å²) >= 11 is 5.81. The maximum absolute atomic E-state index is 10.5. The van der Waals surface area contributed by atoms with Crippen LogP contribution in [0.4, 0.5) is 0 Å². The molecule has 0 fully saturated rings. The molecule has 0 aliphatic carbocycles. The monoisotopic (exact) mass is 200 g/mol. The Morgan fingerprint density at radius 1 is 1.62 bits per heavy atom. The van der Waals surface area contributed by atoms with Crippen LogP contribution >= 0.6 is 11.6 Å². The smallest absolute Gasteiger partial charge is 0.335 e. The Kier molecular flexibility index (Phi) is 3.28. The van der Waals surface area contributed by atoms with Crippen molar-refractivity contribution < 1.29 is 14.6 Å². The molecular weight excluding hydrogens is 192 g/mol. The highest BCUT2D eigenvalue weighted by Crippen LogP contribution is 2.18. The summed E-state index contributed by atoms with van der Waals surface area (Å²) in [6, 6.07) is 4.57. The quantitative estimate of drug-likeness (QED) is 0.814. The van der Waals surface area contributed by atoms with Gasteiger partial charge in [-0.2, -0.15) is 0 Å². The molecule has 0 aromatic heterocycles. The van der Waals surface area contributed by atoms with Gasteiger partial charge in [-0.1, -0.05) is 17.7 Å². The minimum absolute atomic E-state index is 0.185. The van der Waals surface area contributed by atoms with Gasteiger partial charge in [-0.25, -0.2) is 4.79 Å². The van der Waals surface area contributed by atoms with Crippen molar-refractivity contribution in [2.45, 2.75) is 6.61 Å². The van der Waals surface area contributed by atoms with Crippen molar-refractivity contribution in [3.63, 3.8) is 0 Å². The Labute approximate surface area is 80.9 Å². The molecular formula is C9H9ClO3. The van der Waals surface area contributed by atoms with Crippen LogP contribution in [-0.4, -0.2) is 18.2 Å². The first-order valence-corrected chi connectivity index (χ1v) is 4.03. The molecule has 0 saturated heterocycles. The first-order valence-electron chi connectivity index (χ1n) is 3.66. The van der Waals surface area contributed by atoms with Gasteiger partial charge in [0.25, 0.3) is 0 Å². The number of hydrogen-bond acceptors (Lipinski definition) is 2. The number of carbonyl (C=O) groups is 1. The van der Waals surface area contributed by atoms with Gasteiger partial charge in [-0.15, -0.1) is 0 Å². The van der Waals surface area contributed by atoms with E-state index in [4.69, 9.17) is 21.4 Å². The lowest BCUT2D eigenvalue weighted by atomic mass is 10.1. The first kappa shape index (κ1) is 10.0. The highest BCUT2D eigenvalue weighted by Gasteiger charge is 2.06. The number of ether oxygens (including phenoxy) is 1. The van der Waals surface area contributed by atoms with Gasteiger partial charge in [-0.05, 0) is 17.7 Å². The van der Waals surface area contributed by atoms with Crippen LogP contribution in [0.15, 0.2) is 18.2 Å². The van der Waals surface area contributed by atoms with E-state index in [-0.39, 0.29) is 5.56 Å². The summed E-state index contributed by atoms with van der Waals surface area (Å²) in [5.41, 5.74) is 0.971. The second-order valence-corrected chi connectivity index (χ2v) is 2.95. The molecule has 1 N–H and O–H groups in total. The average Bonchev–Trinajstić information content (AvgIpc) is 2.08. The van der Waals surface area contributed by atoms with Crippen LogP contribution in [0.5, 0.6) is 0 Å². The predicted octanol–water partition coefficient (Wildman–Crippen LogP) is 2.18. The van der Waals surface area contributed by atoms with E-state index in [1.165, 1.54) is 12.1 Å². The van der Waals surface area contributed by atoms with Crippen LogP contribution in [0.2, 0.25) is 5.02 Å². The van der Waals surface area contributed by atoms with Crippen molar-refractivity contribution in [1.82, 2.24) is 0 Å². The highest BCUT2D eigenvalue weighted by atomic mass is 35.5. The molecule has 0 unspecified atom stereocenters. The van der Waals surface area contributed by atoms with Gasteiger partial charge in [0.2, 0.25) is 0 Å². The Hall–Kier alpha value is -1.06. The Morgan fingerprint density at radius 2 is 2.31 bits per heavy atom. The molecule has 0 radical (unpaired) electrons. The lowest BCUT2D eigenvalue weighted by Crippen LogP contribution is -1.97. The molecule has 1 aromatic carbocycles. The van der Waals surface area contributed by atoms with Crippen LogP contribution in [0.1, 0.15) is 15.9 Å². The van der Waals surface area contributed by atoms with Gasteiger partial charge in [-0.3, -0.25) is 0 Å². The summed E-state index contributed by atoms with van der Waals surface area (Å²) in [4.78, 5) is 10.5.